The van der Waals surface area contributed by atoms with Gasteiger partial charge in [0.1, 0.15) is 6.10 Å². The van der Waals surface area contributed by atoms with Gasteiger partial charge in [-0.15, -0.1) is 0 Å². The lowest BCUT2D eigenvalue weighted by atomic mass is 10.00. The monoisotopic (exact) mass is 393 g/mol. The maximum Gasteiger partial charge on any atom is 0.414 e. The SMILES string of the molecule is CC(=O)NC[C@H]1CN(c2ccc(C3=CCN(S(C)(=O)=O)CC3)cc2)C(=O)O1. The lowest BCUT2D eigenvalue weighted by Crippen LogP contribution is -2.33. The molecule has 0 unspecified atom stereocenters. The fourth-order valence-electron chi connectivity index (χ4n) is 3.17. The number of ether oxygens (including phenoxy) is 1. The second-order valence-corrected chi connectivity index (χ2v) is 8.68. The molecule has 27 heavy (non-hydrogen) atoms. The third-order valence-corrected chi connectivity index (χ3v) is 5.91. The Morgan fingerprint density at radius 2 is 2.00 bits per heavy atom. The van der Waals surface area contributed by atoms with E-state index >= 15 is 0 Å². The second kappa shape index (κ2) is 7.69. The van der Waals surface area contributed by atoms with Gasteiger partial charge in [-0.05, 0) is 29.7 Å². The maximum atomic E-state index is 12.1. The van der Waals surface area contributed by atoms with Crippen molar-refractivity contribution in [3.05, 3.63) is 35.9 Å². The van der Waals surface area contributed by atoms with E-state index in [1.807, 2.05) is 30.3 Å². The van der Waals surface area contributed by atoms with Crippen LogP contribution >= 0.6 is 0 Å². The number of benzene rings is 1. The summed E-state index contributed by atoms with van der Waals surface area (Å²) in [7, 11) is -3.17. The molecule has 3 rings (SSSR count). The summed E-state index contributed by atoms with van der Waals surface area (Å²) in [4.78, 5) is 24.6. The normalized spacial score (nSPS) is 21.0. The molecule has 2 heterocycles. The summed E-state index contributed by atoms with van der Waals surface area (Å²) < 4.78 is 29.9. The van der Waals surface area contributed by atoms with Crippen LogP contribution in [0.5, 0.6) is 0 Å². The van der Waals surface area contributed by atoms with Gasteiger partial charge >= 0.3 is 6.09 Å². The molecule has 1 aromatic carbocycles. The Morgan fingerprint density at radius 3 is 2.56 bits per heavy atom. The minimum atomic E-state index is -3.17. The molecule has 0 bridgehead atoms. The average molecular weight is 393 g/mol. The Balaban J connectivity index is 1.65. The van der Waals surface area contributed by atoms with Crippen LogP contribution in [0.25, 0.3) is 5.57 Å². The first-order chi connectivity index (χ1) is 12.7. The number of carbonyl (C=O) groups is 2. The van der Waals surface area contributed by atoms with Crippen LogP contribution in [0.4, 0.5) is 10.5 Å². The van der Waals surface area contributed by atoms with Crippen molar-refractivity contribution in [1.29, 1.82) is 0 Å². The van der Waals surface area contributed by atoms with E-state index in [-0.39, 0.29) is 12.0 Å². The first-order valence-electron chi connectivity index (χ1n) is 8.71. The lowest BCUT2D eigenvalue weighted by Gasteiger charge is -2.24. The van der Waals surface area contributed by atoms with Gasteiger partial charge in [0.25, 0.3) is 0 Å². The predicted molar refractivity (Wildman–Crippen MR) is 102 cm³/mol. The molecule has 2 aliphatic rings. The van der Waals surface area contributed by atoms with Gasteiger partial charge in [0.05, 0.1) is 19.3 Å². The van der Waals surface area contributed by atoms with Gasteiger partial charge in [-0.2, -0.15) is 4.31 Å². The third-order valence-electron chi connectivity index (χ3n) is 4.64. The third kappa shape index (κ3) is 4.67. The van der Waals surface area contributed by atoms with Crippen LogP contribution in [0.2, 0.25) is 0 Å². The number of carbonyl (C=O) groups excluding carboxylic acids is 2. The highest BCUT2D eigenvalue weighted by Crippen LogP contribution is 2.27. The predicted octanol–water partition coefficient (Wildman–Crippen LogP) is 1.20. The molecule has 9 heteroatoms. The molecule has 1 atom stereocenters. The fraction of sp³-hybridized carbons (Fsp3) is 0.444. The van der Waals surface area contributed by atoms with Crippen LogP contribution in [-0.2, 0) is 19.6 Å². The molecular formula is C18H23N3O5S. The van der Waals surface area contributed by atoms with E-state index in [1.54, 1.807) is 0 Å². The number of cyclic esters (lactones) is 1. The zero-order valence-electron chi connectivity index (χ0n) is 15.3. The van der Waals surface area contributed by atoms with Crippen molar-refractivity contribution in [3.63, 3.8) is 0 Å². The first kappa shape index (κ1) is 19.4. The van der Waals surface area contributed by atoms with Crippen LogP contribution in [0, 0.1) is 0 Å². The topological polar surface area (TPSA) is 96.0 Å². The van der Waals surface area contributed by atoms with Crippen molar-refractivity contribution >= 4 is 33.3 Å². The van der Waals surface area contributed by atoms with E-state index in [1.165, 1.54) is 22.4 Å². The Hall–Kier alpha value is -2.39. The molecule has 8 nitrogen and oxygen atoms in total. The molecule has 1 saturated heterocycles. The number of amides is 2. The van der Waals surface area contributed by atoms with Gasteiger partial charge < -0.3 is 10.1 Å². The van der Waals surface area contributed by atoms with Gasteiger partial charge in [0.15, 0.2) is 0 Å². The number of sulfonamides is 1. The number of nitrogens with one attached hydrogen (secondary N) is 1. The standard InChI is InChI=1S/C18H23N3O5S/c1-13(22)19-11-17-12-21(18(23)26-17)16-5-3-14(4-6-16)15-7-9-20(10-8-15)27(2,24)25/h3-7,17H,8-12H2,1-2H3,(H,19,22)/t17-/m0/s1. The summed E-state index contributed by atoms with van der Waals surface area (Å²) in [6.45, 7) is 2.93. The molecule has 146 valence electrons. The van der Waals surface area contributed by atoms with Crippen molar-refractivity contribution in [2.45, 2.75) is 19.4 Å². The Kier molecular flexibility index (Phi) is 5.52. The van der Waals surface area contributed by atoms with E-state index in [9.17, 15) is 18.0 Å². The number of anilines is 1. The molecule has 1 fully saturated rings. The number of hydrogen-bond acceptors (Lipinski definition) is 5. The van der Waals surface area contributed by atoms with Crippen LogP contribution in [0.3, 0.4) is 0 Å². The van der Waals surface area contributed by atoms with Crippen molar-refractivity contribution in [2.75, 3.05) is 37.3 Å². The summed E-state index contributed by atoms with van der Waals surface area (Å²) in [6.07, 6.45) is 2.99. The molecule has 0 aromatic heterocycles. The van der Waals surface area contributed by atoms with Crippen molar-refractivity contribution in [2.24, 2.45) is 0 Å². The molecule has 2 aliphatic heterocycles. The average Bonchev–Trinajstić information content (AvgIpc) is 3.00. The molecule has 1 N–H and O–H groups in total. The highest BCUT2D eigenvalue weighted by Gasteiger charge is 2.32. The van der Waals surface area contributed by atoms with Gasteiger partial charge in [-0.3, -0.25) is 9.69 Å². The maximum absolute atomic E-state index is 12.1. The van der Waals surface area contributed by atoms with E-state index < -0.39 is 16.1 Å². The molecule has 0 saturated carbocycles. The first-order valence-corrected chi connectivity index (χ1v) is 10.6. The summed E-state index contributed by atoms with van der Waals surface area (Å²) >= 11 is 0. The number of nitrogens with zero attached hydrogens (tertiary/aromatic N) is 2. The highest BCUT2D eigenvalue weighted by molar-refractivity contribution is 7.88. The zero-order valence-corrected chi connectivity index (χ0v) is 16.2. The smallest absolute Gasteiger partial charge is 0.414 e. The largest absolute Gasteiger partial charge is 0.442 e. The number of hydrogen-bond donors (Lipinski definition) is 1. The molecule has 0 aliphatic carbocycles. The van der Waals surface area contributed by atoms with Crippen molar-refractivity contribution in [1.82, 2.24) is 9.62 Å². The van der Waals surface area contributed by atoms with E-state index in [0.29, 0.717) is 32.6 Å². The Bertz CT molecular complexity index is 863. The molecule has 2 amide bonds. The van der Waals surface area contributed by atoms with Crippen LogP contribution in [0.1, 0.15) is 18.9 Å². The Morgan fingerprint density at radius 1 is 1.30 bits per heavy atom. The molecular weight excluding hydrogens is 370 g/mol. The fourth-order valence-corrected chi connectivity index (χ4v) is 3.93. The molecule has 0 spiro atoms. The quantitative estimate of drug-likeness (QED) is 0.811. The van der Waals surface area contributed by atoms with Crippen molar-refractivity contribution < 1.29 is 22.7 Å². The van der Waals surface area contributed by atoms with Gasteiger partial charge in [-0.1, -0.05) is 18.2 Å². The van der Waals surface area contributed by atoms with Crippen LogP contribution in [0.15, 0.2) is 30.3 Å². The minimum absolute atomic E-state index is 0.163. The lowest BCUT2D eigenvalue weighted by molar-refractivity contribution is -0.119. The minimum Gasteiger partial charge on any atom is -0.442 e. The molecule has 0 radical (unpaired) electrons. The van der Waals surface area contributed by atoms with Gasteiger partial charge in [-0.25, -0.2) is 13.2 Å². The summed E-state index contributed by atoms with van der Waals surface area (Å²) in [5, 5.41) is 2.65. The summed E-state index contributed by atoms with van der Waals surface area (Å²) in [6, 6.07) is 7.54. The van der Waals surface area contributed by atoms with Crippen LogP contribution < -0.4 is 10.2 Å². The van der Waals surface area contributed by atoms with E-state index in [2.05, 4.69) is 5.32 Å². The van der Waals surface area contributed by atoms with Crippen molar-refractivity contribution in [3.8, 4) is 0 Å². The summed E-state index contributed by atoms with van der Waals surface area (Å²) in [5.74, 6) is -0.163. The van der Waals surface area contributed by atoms with E-state index in [4.69, 9.17) is 4.74 Å². The molecule has 1 aromatic rings. The second-order valence-electron chi connectivity index (χ2n) is 6.70. The van der Waals surface area contributed by atoms with E-state index in [0.717, 1.165) is 16.8 Å². The highest BCUT2D eigenvalue weighted by atomic mass is 32.2. The Labute approximate surface area is 158 Å². The van der Waals surface area contributed by atoms with Gasteiger partial charge in [0.2, 0.25) is 15.9 Å². The van der Waals surface area contributed by atoms with Crippen LogP contribution in [-0.4, -0.2) is 63.3 Å². The zero-order chi connectivity index (χ0) is 19.6. The summed E-state index contributed by atoms with van der Waals surface area (Å²) in [5.41, 5.74) is 2.83. The number of rotatable bonds is 5. The van der Waals surface area contributed by atoms with Gasteiger partial charge in [0, 0.05) is 25.7 Å².